The highest BCUT2D eigenvalue weighted by atomic mass is 35.5. The fourth-order valence-corrected chi connectivity index (χ4v) is 3.25. The summed E-state index contributed by atoms with van der Waals surface area (Å²) in [5.74, 6) is 0.790. The summed E-state index contributed by atoms with van der Waals surface area (Å²) in [6.07, 6.45) is 0. The number of anilines is 2. The summed E-state index contributed by atoms with van der Waals surface area (Å²) in [7, 11) is 3.08. The van der Waals surface area contributed by atoms with Crippen LogP contribution in [0.4, 0.5) is 16.2 Å². The lowest BCUT2D eigenvalue weighted by molar-refractivity contribution is -0.116. The van der Waals surface area contributed by atoms with Crippen LogP contribution >= 0.6 is 23.2 Å². The number of carbonyl (C=O) groups excluding carboxylic acids is 2. The van der Waals surface area contributed by atoms with Gasteiger partial charge in [-0.15, -0.1) is 0 Å². The maximum absolute atomic E-state index is 12.8. The second kappa shape index (κ2) is 8.58. The molecular weight excluding hydrogens is 405 g/mol. The zero-order chi connectivity index (χ0) is 20.3. The van der Waals surface area contributed by atoms with E-state index in [9.17, 15) is 9.59 Å². The minimum atomic E-state index is -0.364. The third-order valence-corrected chi connectivity index (χ3v) is 4.87. The number of hydrogen-bond acceptors (Lipinski definition) is 4. The molecule has 0 aliphatic carbocycles. The fourth-order valence-electron chi connectivity index (χ4n) is 2.92. The number of nitrogens with zero attached hydrogens (tertiary/aromatic N) is 2. The van der Waals surface area contributed by atoms with Crippen LogP contribution in [-0.2, 0) is 4.79 Å². The molecule has 0 atom stereocenters. The van der Waals surface area contributed by atoms with Crippen LogP contribution in [0.15, 0.2) is 36.4 Å². The molecule has 1 heterocycles. The van der Waals surface area contributed by atoms with Gasteiger partial charge in [-0.25, -0.2) is 4.79 Å². The second-order valence-corrected chi connectivity index (χ2v) is 6.91. The van der Waals surface area contributed by atoms with E-state index < -0.39 is 0 Å². The largest absolute Gasteiger partial charge is 0.497 e. The Kier molecular flexibility index (Phi) is 6.16. The topological polar surface area (TPSA) is 71.1 Å². The Morgan fingerprint density at radius 1 is 1.11 bits per heavy atom. The lowest BCUT2D eigenvalue weighted by Crippen LogP contribution is -2.37. The molecule has 7 nitrogen and oxygen atoms in total. The van der Waals surface area contributed by atoms with Gasteiger partial charge >= 0.3 is 6.03 Å². The van der Waals surface area contributed by atoms with Crippen LogP contribution in [-0.4, -0.2) is 50.7 Å². The molecule has 1 fully saturated rings. The molecule has 0 saturated carbocycles. The number of halogens is 2. The van der Waals surface area contributed by atoms with Crippen molar-refractivity contribution in [2.45, 2.75) is 0 Å². The number of carbonyl (C=O) groups is 2. The Morgan fingerprint density at radius 3 is 2.61 bits per heavy atom. The number of amides is 3. The molecule has 1 aliphatic rings. The van der Waals surface area contributed by atoms with E-state index in [4.69, 9.17) is 32.7 Å². The monoisotopic (exact) mass is 423 g/mol. The Bertz CT molecular complexity index is 907. The van der Waals surface area contributed by atoms with Gasteiger partial charge in [0.1, 0.15) is 18.0 Å². The van der Waals surface area contributed by atoms with Gasteiger partial charge in [-0.05, 0) is 30.3 Å². The summed E-state index contributed by atoms with van der Waals surface area (Å²) in [5, 5.41) is 3.50. The lowest BCUT2D eigenvalue weighted by Gasteiger charge is -2.21. The van der Waals surface area contributed by atoms with E-state index in [0.717, 1.165) is 0 Å². The summed E-state index contributed by atoms with van der Waals surface area (Å²) in [6, 6.07) is 9.70. The molecule has 2 aromatic rings. The van der Waals surface area contributed by atoms with Crippen molar-refractivity contribution in [3.63, 3.8) is 0 Å². The molecule has 28 heavy (non-hydrogen) atoms. The number of methoxy groups -OCH3 is 2. The Balaban J connectivity index is 1.70. The maximum atomic E-state index is 12.8. The standard InChI is InChI=1S/C19H19Cl2N3O4/c1-27-13-4-6-17(28-2)16(10-13)24-8-7-23(19(24)26)11-18(25)22-15-9-12(20)3-5-14(15)21/h3-6,9-10H,7-8,11H2,1-2H3,(H,22,25). The van der Waals surface area contributed by atoms with Crippen LogP contribution in [0.2, 0.25) is 10.0 Å². The van der Waals surface area contributed by atoms with Gasteiger partial charge in [0.15, 0.2) is 0 Å². The summed E-state index contributed by atoms with van der Waals surface area (Å²) >= 11 is 12.0. The minimum absolute atomic E-state index is 0.107. The van der Waals surface area contributed by atoms with Crippen molar-refractivity contribution in [2.75, 3.05) is 44.1 Å². The third-order valence-electron chi connectivity index (χ3n) is 4.31. The first-order valence-electron chi connectivity index (χ1n) is 8.46. The van der Waals surface area contributed by atoms with E-state index in [1.165, 1.54) is 12.0 Å². The molecule has 148 valence electrons. The second-order valence-electron chi connectivity index (χ2n) is 6.07. The van der Waals surface area contributed by atoms with E-state index >= 15 is 0 Å². The smallest absolute Gasteiger partial charge is 0.325 e. The van der Waals surface area contributed by atoms with Crippen molar-refractivity contribution < 1.29 is 19.1 Å². The van der Waals surface area contributed by atoms with E-state index in [-0.39, 0.29) is 18.5 Å². The molecular formula is C19H19Cl2N3O4. The van der Waals surface area contributed by atoms with Crippen molar-refractivity contribution in [3.8, 4) is 11.5 Å². The number of rotatable bonds is 6. The minimum Gasteiger partial charge on any atom is -0.497 e. The Morgan fingerprint density at radius 2 is 1.89 bits per heavy atom. The first-order chi connectivity index (χ1) is 13.4. The molecule has 1 N–H and O–H groups in total. The van der Waals surface area contributed by atoms with E-state index in [0.29, 0.717) is 46.0 Å². The van der Waals surface area contributed by atoms with Gasteiger partial charge in [0.25, 0.3) is 0 Å². The normalized spacial score (nSPS) is 13.6. The highest BCUT2D eigenvalue weighted by Gasteiger charge is 2.32. The summed E-state index contributed by atoms with van der Waals surface area (Å²) in [6.45, 7) is 0.716. The molecule has 1 saturated heterocycles. The number of nitrogens with one attached hydrogen (secondary N) is 1. The van der Waals surface area contributed by atoms with Crippen LogP contribution in [0.5, 0.6) is 11.5 Å². The van der Waals surface area contributed by atoms with Gasteiger partial charge in [-0.3, -0.25) is 9.69 Å². The Labute approximate surface area is 172 Å². The molecule has 0 radical (unpaired) electrons. The number of benzene rings is 2. The van der Waals surface area contributed by atoms with Gasteiger partial charge in [0.05, 0.1) is 30.6 Å². The summed E-state index contributed by atoms with van der Waals surface area (Å²) in [4.78, 5) is 28.2. The van der Waals surface area contributed by atoms with Gasteiger partial charge in [-0.2, -0.15) is 0 Å². The Hall–Kier alpha value is -2.64. The van der Waals surface area contributed by atoms with Crippen LogP contribution in [0.1, 0.15) is 0 Å². The average molecular weight is 424 g/mol. The van der Waals surface area contributed by atoms with E-state index in [1.54, 1.807) is 48.4 Å². The van der Waals surface area contributed by atoms with Crippen LogP contribution in [0.3, 0.4) is 0 Å². The van der Waals surface area contributed by atoms with Crippen LogP contribution in [0.25, 0.3) is 0 Å². The summed E-state index contributed by atoms with van der Waals surface area (Å²) < 4.78 is 10.6. The predicted octanol–water partition coefficient (Wildman–Crippen LogP) is 3.89. The molecule has 9 heteroatoms. The van der Waals surface area contributed by atoms with Crippen LogP contribution in [0, 0.1) is 0 Å². The molecule has 2 aromatic carbocycles. The molecule has 3 amide bonds. The van der Waals surface area contributed by atoms with Crippen molar-refractivity contribution in [2.24, 2.45) is 0 Å². The van der Waals surface area contributed by atoms with Crippen molar-refractivity contribution in [1.29, 1.82) is 0 Å². The predicted molar refractivity (Wildman–Crippen MR) is 109 cm³/mol. The van der Waals surface area contributed by atoms with Crippen molar-refractivity contribution in [3.05, 3.63) is 46.4 Å². The van der Waals surface area contributed by atoms with E-state index in [1.807, 2.05) is 0 Å². The molecule has 1 aliphatic heterocycles. The van der Waals surface area contributed by atoms with Crippen molar-refractivity contribution >= 4 is 46.5 Å². The third kappa shape index (κ3) is 4.26. The van der Waals surface area contributed by atoms with Crippen molar-refractivity contribution in [1.82, 2.24) is 4.90 Å². The number of hydrogen-bond donors (Lipinski definition) is 1. The highest BCUT2D eigenvalue weighted by molar-refractivity contribution is 6.35. The summed E-state index contributed by atoms with van der Waals surface area (Å²) in [5.41, 5.74) is 0.991. The highest BCUT2D eigenvalue weighted by Crippen LogP contribution is 2.34. The number of urea groups is 1. The molecule has 0 spiro atoms. The molecule has 0 unspecified atom stereocenters. The first kappa shape index (κ1) is 20.1. The molecule has 0 bridgehead atoms. The van der Waals surface area contributed by atoms with Gasteiger partial charge in [0, 0.05) is 24.2 Å². The molecule has 0 aromatic heterocycles. The van der Waals surface area contributed by atoms with Gasteiger partial charge in [-0.1, -0.05) is 23.2 Å². The zero-order valence-electron chi connectivity index (χ0n) is 15.4. The maximum Gasteiger partial charge on any atom is 0.325 e. The number of ether oxygens (including phenoxy) is 2. The van der Waals surface area contributed by atoms with Gasteiger partial charge < -0.3 is 19.7 Å². The van der Waals surface area contributed by atoms with E-state index in [2.05, 4.69) is 5.32 Å². The zero-order valence-corrected chi connectivity index (χ0v) is 16.9. The first-order valence-corrected chi connectivity index (χ1v) is 9.22. The average Bonchev–Trinajstić information content (AvgIpc) is 3.04. The quantitative estimate of drug-likeness (QED) is 0.764. The SMILES string of the molecule is COc1ccc(OC)c(N2CCN(CC(=O)Nc3cc(Cl)ccc3Cl)C2=O)c1. The lowest BCUT2D eigenvalue weighted by atomic mass is 10.2. The fraction of sp³-hybridized carbons (Fsp3) is 0.263. The van der Waals surface area contributed by atoms with Gasteiger partial charge in [0.2, 0.25) is 5.91 Å². The van der Waals surface area contributed by atoms with Crippen LogP contribution < -0.4 is 19.7 Å². The molecule has 3 rings (SSSR count).